The van der Waals surface area contributed by atoms with E-state index in [9.17, 15) is 0 Å². The van der Waals surface area contributed by atoms with Gasteiger partial charge in [0.15, 0.2) is 0 Å². The minimum absolute atomic E-state index is 0. The third-order valence-electron chi connectivity index (χ3n) is 0.1000. The van der Waals surface area contributed by atoms with Gasteiger partial charge in [-0.15, -0.1) is 0 Å². The van der Waals surface area contributed by atoms with Crippen molar-refractivity contribution in [3.05, 3.63) is 0 Å². The molecule has 0 aromatic carbocycles. The largest absolute Gasteiger partial charge is 1.00 e. The Balaban J connectivity index is -0.0000000720. The molecule has 0 aliphatic rings. The number of hydrogen-bond acceptors (Lipinski definition) is 4. The Kier molecular flexibility index (Phi) is 28.1. The molecule has 0 radical (unpaired) electrons. The van der Waals surface area contributed by atoms with E-state index in [1.165, 1.54) is 0 Å². The maximum absolute atomic E-state index is 8.44. The zero-order valence-electron chi connectivity index (χ0n) is 5.07. The molecule has 0 unspecified atom stereocenters. The second-order valence-electron chi connectivity index (χ2n) is 0.713. The van der Waals surface area contributed by atoms with Crippen molar-refractivity contribution < 1.29 is 54.8 Å². The summed E-state index contributed by atoms with van der Waals surface area (Å²) >= 11 is 0. The van der Waals surface area contributed by atoms with Gasteiger partial charge < -0.3 is 25.2 Å². The molecule has 3 N–H and O–H groups in total. The zero-order valence-corrected chi connectivity index (χ0v) is 7.07. The summed E-state index contributed by atoms with van der Waals surface area (Å²) in [5, 5.41) is 30.6. The first kappa shape index (κ1) is 16.1. The fourth-order valence-electron chi connectivity index (χ4n) is 0. The number of aliphatic hydroxyl groups is 2. The van der Waals surface area contributed by atoms with E-state index in [0.29, 0.717) is 0 Å². The molecule has 0 saturated carbocycles. The molecule has 0 aliphatic carbocycles. The molecule has 0 saturated heterocycles. The molecule has 0 rings (SSSR count). The van der Waals surface area contributed by atoms with Crippen LogP contribution < -0.4 is 34.7 Å². The Morgan fingerprint density at radius 2 is 1.44 bits per heavy atom. The Labute approximate surface area is 74.2 Å². The molecule has 6 heteroatoms. The van der Waals surface area contributed by atoms with E-state index in [-0.39, 0.29) is 42.8 Å². The first-order valence-electron chi connectivity index (χ1n) is 1.76. The molecule has 5 nitrogen and oxygen atoms in total. The van der Waals surface area contributed by atoms with Gasteiger partial charge in [0.2, 0.25) is 6.16 Å². The summed E-state index contributed by atoms with van der Waals surface area (Å²) in [5.41, 5.74) is 0. The minimum Gasteiger partial charge on any atom is -0.565 e. The molecule has 0 heterocycles. The molecule has 0 amide bonds. The van der Waals surface area contributed by atoms with Gasteiger partial charge in [0, 0.05) is 0 Å². The van der Waals surface area contributed by atoms with Gasteiger partial charge in [-0.3, -0.25) is 0 Å². The Morgan fingerprint density at radius 1 is 1.33 bits per heavy atom. The summed E-state index contributed by atoms with van der Waals surface area (Å²) in [7, 11) is 0. The standard InChI is InChI=1S/C2H6O2.CH2O3.Na/c3-1-2-4;2-1(3)4;/h3-4H,1-2H2;(H2,2,3,4);/q;;+1/p-1. The first-order valence-corrected chi connectivity index (χ1v) is 1.76. The fraction of sp³-hybridized carbons (Fsp3) is 0.667. The van der Waals surface area contributed by atoms with Gasteiger partial charge >= 0.3 is 29.6 Å². The average molecular weight is 146 g/mol. The molecule has 0 aliphatic heterocycles. The van der Waals surface area contributed by atoms with Crippen LogP contribution in [0.4, 0.5) is 4.79 Å². The predicted molar refractivity (Wildman–Crippen MR) is 22.2 cm³/mol. The summed E-state index contributed by atoms with van der Waals surface area (Å²) in [6, 6.07) is 0. The van der Waals surface area contributed by atoms with Crippen molar-refractivity contribution in [2.45, 2.75) is 0 Å². The van der Waals surface area contributed by atoms with Crippen molar-refractivity contribution in [2.24, 2.45) is 0 Å². The number of carboxylic acid groups (broad SMARTS) is 2. The van der Waals surface area contributed by atoms with Crippen LogP contribution >= 0.6 is 0 Å². The molecule has 50 valence electrons. The van der Waals surface area contributed by atoms with Crippen molar-refractivity contribution in [1.29, 1.82) is 0 Å². The Hall–Kier alpha value is 0.190. The predicted octanol–water partition coefficient (Wildman–Crippen LogP) is -5.14. The van der Waals surface area contributed by atoms with Crippen molar-refractivity contribution in [2.75, 3.05) is 13.2 Å². The molecule has 0 aromatic heterocycles. The van der Waals surface area contributed by atoms with Crippen molar-refractivity contribution in [1.82, 2.24) is 0 Å². The van der Waals surface area contributed by atoms with E-state index in [1.54, 1.807) is 0 Å². The summed E-state index contributed by atoms with van der Waals surface area (Å²) in [6.45, 7) is -0.250. The maximum atomic E-state index is 8.44. The Bertz CT molecular complexity index is 50.2. The number of aliphatic hydroxyl groups excluding tert-OH is 2. The van der Waals surface area contributed by atoms with Gasteiger partial charge in [0.25, 0.3) is 0 Å². The van der Waals surface area contributed by atoms with Crippen LogP contribution in [0.5, 0.6) is 0 Å². The quantitative estimate of drug-likeness (QED) is 0.321. The molecule has 0 bridgehead atoms. The average Bonchev–Trinajstić information content (AvgIpc) is 1.65. The van der Waals surface area contributed by atoms with Gasteiger partial charge in [-0.1, -0.05) is 0 Å². The van der Waals surface area contributed by atoms with Gasteiger partial charge in [-0.25, -0.2) is 0 Å². The van der Waals surface area contributed by atoms with E-state index in [0.717, 1.165) is 0 Å². The van der Waals surface area contributed by atoms with E-state index in [2.05, 4.69) is 0 Å². The number of carbonyl (C=O) groups is 1. The zero-order chi connectivity index (χ0) is 6.99. The molecule has 0 aromatic rings. The van der Waals surface area contributed by atoms with Crippen molar-refractivity contribution >= 4 is 6.16 Å². The van der Waals surface area contributed by atoms with Gasteiger partial charge in [-0.2, -0.15) is 0 Å². The van der Waals surface area contributed by atoms with Gasteiger partial charge in [-0.05, 0) is 0 Å². The van der Waals surface area contributed by atoms with E-state index in [1.807, 2.05) is 0 Å². The number of rotatable bonds is 1. The van der Waals surface area contributed by atoms with Crippen molar-refractivity contribution in [3.63, 3.8) is 0 Å². The van der Waals surface area contributed by atoms with Gasteiger partial charge in [0.05, 0.1) is 13.2 Å². The van der Waals surface area contributed by atoms with E-state index in [4.69, 9.17) is 25.2 Å². The van der Waals surface area contributed by atoms with Crippen LogP contribution in [0.15, 0.2) is 0 Å². The topological polar surface area (TPSA) is 101 Å². The monoisotopic (exact) mass is 146 g/mol. The molecule has 0 spiro atoms. The van der Waals surface area contributed by atoms with Crippen LogP contribution in [0.2, 0.25) is 0 Å². The molecular weight excluding hydrogens is 139 g/mol. The first-order chi connectivity index (χ1) is 3.65. The Morgan fingerprint density at radius 3 is 1.44 bits per heavy atom. The summed E-state index contributed by atoms with van der Waals surface area (Å²) in [5.74, 6) is 0. The minimum atomic E-state index is -2.08. The molecule has 0 atom stereocenters. The fourth-order valence-corrected chi connectivity index (χ4v) is 0. The van der Waals surface area contributed by atoms with Crippen LogP contribution in [0.3, 0.4) is 0 Å². The third-order valence-corrected chi connectivity index (χ3v) is 0.1000. The summed E-state index contributed by atoms with van der Waals surface area (Å²) in [4.78, 5) is 8.44. The van der Waals surface area contributed by atoms with Crippen LogP contribution in [0.1, 0.15) is 0 Å². The second-order valence-corrected chi connectivity index (χ2v) is 0.713. The summed E-state index contributed by atoms with van der Waals surface area (Å²) < 4.78 is 0. The van der Waals surface area contributed by atoms with E-state index >= 15 is 0 Å². The smallest absolute Gasteiger partial charge is 0.565 e. The number of hydrogen-bond donors (Lipinski definition) is 3. The van der Waals surface area contributed by atoms with Crippen molar-refractivity contribution in [3.8, 4) is 0 Å². The molecular formula is C3H7NaO5. The summed E-state index contributed by atoms with van der Waals surface area (Å²) in [6.07, 6.45) is -2.08. The third kappa shape index (κ3) is 222. The van der Waals surface area contributed by atoms with Crippen LogP contribution in [-0.2, 0) is 0 Å². The van der Waals surface area contributed by atoms with Crippen LogP contribution in [0.25, 0.3) is 0 Å². The van der Waals surface area contributed by atoms with Crippen LogP contribution in [-0.4, -0.2) is 34.7 Å². The molecule has 9 heavy (non-hydrogen) atoms. The van der Waals surface area contributed by atoms with Gasteiger partial charge in [0.1, 0.15) is 0 Å². The maximum Gasteiger partial charge on any atom is 1.00 e. The van der Waals surface area contributed by atoms with Crippen LogP contribution in [0, 0.1) is 0 Å². The molecule has 0 fully saturated rings. The normalized spacial score (nSPS) is 6.00. The van der Waals surface area contributed by atoms with E-state index < -0.39 is 6.16 Å². The second kappa shape index (κ2) is 15.7. The SMILES string of the molecule is O=C([O-])O.OCCO.[Na+].